The van der Waals surface area contributed by atoms with Gasteiger partial charge in [-0.3, -0.25) is 9.59 Å². The minimum absolute atomic E-state index is 0.200. The molecule has 1 aromatic heterocycles. The van der Waals surface area contributed by atoms with Crippen molar-refractivity contribution in [3.05, 3.63) is 46.2 Å². The summed E-state index contributed by atoms with van der Waals surface area (Å²) in [6, 6.07) is 9.25. The van der Waals surface area contributed by atoms with Gasteiger partial charge in [-0.1, -0.05) is 18.2 Å². The molecule has 0 saturated heterocycles. The third kappa shape index (κ3) is 1.32. The lowest BCUT2D eigenvalue weighted by Gasteiger charge is -2.13. The second kappa shape index (κ2) is 3.45. The van der Waals surface area contributed by atoms with E-state index in [1.54, 1.807) is 13.1 Å². The number of hydrogen-bond acceptors (Lipinski definition) is 2. The summed E-state index contributed by atoms with van der Waals surface area (Å²) in [6.07, 6.45) is 1.10. The Morgan fingerprint density at radius 3 is 2.61 bits per heavy atom. The molecule has 4 heteroatoms. The Morgan fingerprint density at radius 1 is 1.33 bits per heavy atom. The van der Waals surface area contributed by atoms with Crippen molar-refractivity contribution >= 4 is 16.9 Å². The number of para-hydroxylation sites is 1. The Bertz CT molecular complexity index is 711. The molecule has 18 heavy (non-hydrogen) atoms. The van der Waals surface area contributed by atoms with Crippen molar-refractivity contribution in [2.75, 3.05) is 0 Å². The van der Waals surface area contributed by atoms with Crippen LogP contribution in [0.1, 0.15) is 18.4 Å². The molecule has 0 aliphatic heterocycles. The maximum Gasteiger partial charge on any atom is 0.314 e. The molecule has 2 aromatic rings. The summed E-state index contributed by atoms with van der Waals surface area (Å²) in [5.41, 5.74) is 0.0935. The van der Waals surface area contributed by atoms with Gasteiger partial charge in [0, 0.05) is 12.6 Å². The number of aryl methyl sites for hydroxylation is 1. The van der Waals surface area contributed by atoms with Crippen LogP contribution in [0, 0.1) is 0 Å². The van der Waals surface area contributed by atoms with Crippen LogP contribution in [0.2, 0.25) is 0 Å². The van der Waals surface area contributed by atoms with Crippen LogP contribution in [-0.4, -0.2) is 15.6 Å². The molecule has 1 aliphatic rings. The molecule has 0 amide bonds. The number of hydrogen-bond donors (Lipinski definition) is 1. The van der Waals surface area contributed by atoms with Gasteiger partial charge >= 0.3 is 5.97 Å². The number of benzene rings is 1. The van der Waals surface area contributed by atoms with E-state index in [1.165, 1.54) is 4.57 Å². The maximum atomic E-state index is 12.3. The number of rotatable bonds is 2. The molecular weight excluding hydrogens is 230 g/mol. The number of pyridine rings is 1. The quantitative estimate of drug-likeness (QED) is 0.872. The van der Waals surface area contributed by atoms with E-state index in [4.69, 9.17) is 0 Å². The lowest BCUT2D eigenvalue weighted by Crippen LogP contribution is -2.31. The second-order valence-electron chi connectivity index (χ2n) is 4.87. The molecule has 0 radical (unpaired) electrons. The Balaban J connectivity index is 2.35. The van der Waals surface area contributed by atoms with E-state index < -0.39 is 11.4 Å². The standard InChI is InChI=1S/C14H13NO3/c1-15-11-5-3-2-4-9(11)8-10(12(15)16)14(6-7-14)13(17)18/h2-5,8H,6-7H2,1H3,(H,17,18). The van der Waals surface area contributed by atoms with Crippen LogP contribution < -0.4 is 5.56 Å². The van der Waals surface area contributed by atoms with Crippen molar-refractivity contribution in [3.63, 3.8) is 0 Å². The van der Waals surface area contributed by atoms with Gasteiger partial charge in [0.25, 0.3) is 5.56 Å². The van der Waals surface area contributed by atoms with Crippen LogP contribution in [0.25, 0.3) is 10.9 Å². The predicted octanol–water partition coefficient (Wildman–Crippen LogP) is 1.65. The first-order valence-electron chi connectivity index (χ1n) is 5.89. The Kier molecular flexibility index (Phi) is 2.11. The average molecular weight is 243 g/mol. The number of aromatic nitrogens is 1. The molecule has 1 aliphatic carbocycles. The molecule has 3 rings (SSSR count). The summed E-state index contributed by atoms with van der Waals surface area (Å²) in [4.78, 5) is 23.6. The van der Waals surface area contributed by atoms with Crippen LogP contribution in [0.3, 0.4) is 0 Å². The summed E-state index contributed by atoms with van der Waals surface area (Å²) in [7, 11) is 1.69. The lowest BCUT2D eigenvalue weighted by atomic mass is 9.96. The van der Waals surface area contributed by atoms with E-state index in [-0.39, 0.29) is 5.56 Å². The number of aliphatic carboxylic acids is 1. The Morgan fingerprint density at radius 2 is 2.00 bits per heavy atom. The molecule has 1 aromatic carbocycles. The van der Waals surface area contributed by atoms with Gasteiger partial charge in [-0.25, -0.2) is 0 Å². The van der Waals surface area contributed by atoms with E-state index in [0.29, 0.717) is 18.4 Å². The molecule has 92 valence electrons. The van der Waals surface area contributed by atoms with E-state index >= 15 is 0 Å². The average Bonchev–Trinajstić information content (AvgIpc) is 3.15. The molecule has 0 unspecified atom stereocenters. The van der Waals surface area contributed by atoms with Gasteiger partial charge in [0.15, 0.2) is 0 Å². The molecular formula is C14H13NO3. The van der Waals surface area contributed by atoms with Crippen molar-refractivity contribution < 1.29 is 9.90 Å². The monoisotopic (exact) mass is 243 g/mol. The smallest absolute Gasteiger partial charge is 0.314 e. The normalized spacial score (nSPS) is 16.7. The number of carboxylic acid groups (broad SMARTS) is 1. The zero-order chi connectivity index (χ0) is 12.9. The third-order valence-electron chi connectivity index (χ3n) is 3.81. The van der Waals surface area contributed by atoms with Crippen molar-refractivity contribution in [3.8, 4) is 0 Å². The SMILES string of the molecule is Cn1c(=O)c(C2(C(=O)O)CC2)cc2ccccc21. The number of nitrogens with zero attached hydrogens (tertiary/aromatic N) is 1. The lowest BCUT2D eigenvalue weighted by molar-refractivity contribution is -0.140. The van der Waals surface area contributed by atoms with Crippen LogP contribution in [0.5, 0.6) is 0 Å². The van der Waals surface area contributed by atoms with Crippen molar-refractivity contribution in [2.24, 2.45) is 7.05 Å². The fourth-order valence-electron chi connectivity index (χ4n) is 2.49. The highest BCUT2D eigenvalue weighted by atomic mass is 16.4. The van der Waals surface area contributed by atoms with Crippen LogP contribution in [0.15, 0.2) is 35.1 Å². The highest BCUT2D eigenvalue weighted by Crippen LogP contribution is 2.47. The van der Waals surface area contributed by atoms with Crippen LogP contribution >= 0.6 is 0 Å². The molecule has 1 N–H and O–H groups in total. The topological polar surface area (TPSA) is 59.3 Å². The largest absolute Gasteiger partial charge is 0.481 e. The second-order valence-corrected chi connectivity index (χ2v) is 4.87. The predicted molar refractivity (Wildman–Crippen MR) is 67.7 cm³/mol. The molecule has 4 nitrogen and oxygen atoms in total. The van der Waals surface area contributed by atoms with E-state index in [2.05, 4.69) is 0 Å². The fourth-order valence-corrected chi connectivity index (χ4v) is 2.49. The zero-order valence-corrected chi connectivity index (χ0v) is 10.0. The summed E-state index contributed by atoms with van der Waals surface area (Å²) in [6.45, 7) is 0. The van der Waals surface area contributed by atoms with Crippen molar-refractivity contribution in [2.45, 2.75) is 18.3 Å². The number of fused-ring (bicyclic) bond motifs is 1. The highest BCUT2D eigenvalue weighted by molar-refractivity contribution is 5.87. The first-order valence-corrected chi connectivity index (χ1v) is 5.89. The van der Waals surface area contributed by atoms with E-state index in [0.717, 1.165) is 10.9 Å². The molecule has 0 atom stereocenters. The van der Waals surface area contributed by atoms with Gasteiger partial charge in [0.05, 0.1) is 10.9 Å². The van der Waals surface area contributed by atoms with Gasteiger partial charge in [0.2, 0.25) is 0 Å². The molecule has 0 spiro atoms. The van der Waals surface area contributed by atoms with Gasteiger partial charge in [-0.05, 0) is 30.4 Å². The molecule has 1 heterocycles. The van der Waals surface area contributed by atoms with Gasteiger partial charge in [-0.2, -0.15) is 0 Å². The van der Waals surface area contributed by atoms with Gasteiger partial charge in [-0.15, -0.1) is 0 Å². The summed E-state index contributed by atoms with van der Waals surface area (Å²) in [5, 5.41) is 10.2. The van der Waals surface area contributed by atoms with E-state index in [9.17, 15) is 14.7 Å². The van der Waals surface area contributed by atoms with Crippen molar-refractivity contribution in [1.82, 2.24) is 4.57 Å². The highest BCUT2D eigenvalue weighted by Gasteiger charge is 2.53. The van der Waals surface area contributed by atoms with Crippen molar-refractivity contribution in [1.29, 1.82) is 0 Å². The van der Waals surface area contributed by atoms with Crippen LogP contribution in [0.4, 0.5) is 0 Å². The minimum atomic E-state index is -0.946. The first-order chi connectivity index (χ1) is 8.56. The summed E-state index contributed by atoms with van der Waals surface area (Å²) in [5.74, 6) is -0.894. The fraction of sp³-hybridized carbons (Fsp3) is 0.286. The Hall–Kier alpha value is -2.10. The molecule has 1 saturated carbocycles. The number of carbonyl (C=O) groups is 1. The van der Waals surface area contributed by atoms with E-state index in [1.807, 2.05) is 24.3 Å². The van der Waals surface area contributed by atoms with Crippen LogP contribution in [-0.2, 0) is 17.3 Å². The molecule has 1 fully saturated rings. The third-order valence-corrected chi connectivity index (χ3v) is 3.81. The maximum absolute atomic E-state index is 12.3. The zero-order valence-electron chi connectivity index (χ0n) is 10.0. The van der Waals surface area contributed by atoms with Gasteiger partial charge in [0.1, 0.15) is 0 Å². The summed E-state index contributed by atoms with van der Waals surface area (Å²) >= 11 is 0. The Labute approximate surface area is 103 Å². The molecule has 0 bridgehead atoms. The number of carboxylic acids is 1. The first kappa shape index (κ1) is 11.0. The van der Waals surface area contributed by atoms with Gasteiger partial charge < -0.3 is 9.67 Å². The summed E-state index contributed by atoms with van der Waals surface area (Å²) < 4.78 is 1.54. The minimum Gasteiger partial charge on any atom is -0.481 e.